The Morgan fingerprint density at radius 2 is 2.18 bits per heavy atom. The van der Waals surface area contributed by atoms with E-state index in [4.69, 9.17) is 4.74 Å². The third-order valence-electron chi connectivity index (χ3n) is 2.70. The van der Waals surface area contributed by atoms with Gasteiger partial charge in [0.15, 0.2) is 0 Å². The molecule has 0 aliphatic rings. The lowest BCUT2D eigenvalue weighted by atomic mass is 10.1. The molecule has 0 aliphatic heterocycles. The third kappa shape index (κ3) is 2.33. The number of nitrogens with zero attached hydrogens (tertiary/aromatic N) is 1. The van der Waals surface area contributed by atoms with Gasteiger partial charge in [0.1, 0.15) is 17.1 Å². The summed E-state index contributed by atoms with van der Waals surface area (Å²) in [4.78, 5) is 4.61. The van der Waals surface area contributed by atoms with Crippen LogP contribution in [0.15, 0.2) is 24.3 Å². The minimum atomic E-state index is 0.726. The van der Waals surface area contributed by atoms with Crippen LogP contribution >= 0.6 is 0 Å². The summed E-state index contributed by atoms with van der Waals surface area (Å²) in [6.07, 6.45) is 1.00. The van der Waals surface area contributed by atoms with Crippen LogP contribution in [0.5, 0.6) is 5.75 Å². The topological polar surface area (TPSA) is 34.1 Å². The zero-order valence-electron chi connectivity index (χ0n) is 10.6. The van der Waals surface area contributed by atoms with E-state index in [1.165, 1.54) is 0 Å². The number of hydrogen-bond donors (Lipinski definition) is 1. The van der Waals surface area contributed by atoms with Crippen molar-refractivity contribution in [1.29, 1.82) is 0 Å². The van der Waals surface area contributed by atoms with Crippen molar-refractivity contribution in [1.82, 2.24) is 4.98 Å². The molecule has 0 unspecified atom stereocenters. The van der Waals surface area contributed by atoms with Gasteiger partial charge < -0.3 is 10.1 Å². The summed E-state index contributed by atoms with van der Waals surface area (Å²) in [5.74, 6) is 1.77. The highest BCUT2D eigenvalue weighted by atomic mass is 16.5. The van der Waals surface area contributed by atoms with E-state index in [2.05, 4.69) is 36.3 Å². The molecule has 0 spiro atoms. The predicted octanol–water partition coefficient (Wildman–Crippen LogP) is 3.37. The van der Waals surface area contributed by atoms with Gasteiger partial charge in [-0.3, -0.25) is 0 Å². The van der Waals surface area contributed by atoms with E-state index in [1.54, 1.807) is 0 Å². The highest BCUT2D eigenvalue weighted by Crippen LogP contribution is 2.27. The third-order valence-corrected chi connectivity index (χ3v) is 2.70. The Morgan fingerprint density at radius 1 is 1.35 bits per heavy atom. The van der Waals surface area contributed by atoms with Crippen molar-refractivity contribution in [2.75, 3.05) is 19.0 Å². The second kappa shape index (κ2) is 5.04. The molecular weight excluding hydrogens is 212 g/mol. The molecule has 0 atom stereocenters. The van der Waals surface area contributed by atoms with E-state index < -0.39 is 0 Å². The molecule has 1 heterocycles. The van der Waals surface area contributed by atoms with Gasteiger partial charge in [0.25, 0.3) is 0 Å². The van der Waals surface area contributed by atoms with Gasteiger partial charge >= 0.3 is 0 Å². The number of anilines is 1. The maximum Gasteiger partial charge on any atom is 0.145 e. The molecule has 90 valence electrons. The van der Waals surface area contributed by atoms with Crippen LogP contribution in [0.4, 0.5) is 5.82 Å². The summed E-state index contributed by atoms with van der Waals surface area (Å²) in [5.41, 5.74) is 2.07. The van der Waals surface area contributed by atoms with Crippen LogP contribution in [0.1, 0.15) is 18.9 Å². The molecule has 3 heteroatoms. The number of ether oxygens (including phenoxy) is 1. The molecule has 0 aliphatic carbocycles. The Kier molecular flexibility index (Phi) is 3.47. The van der Waals surface area contributed by atoms with Crippen LogP contribution in [0.25, 0.3) is 10.9 Å². The lowest BCUT2D eigenvalue weighted by Crippen LogP contribution is -1.99. The summed E-state index contributed by atoms with van der Waals surface area (Å²) in [6.45, 7) is 4.88. The molecule has 17 heavy (non-hydrogen) atoms. The van der Waals surface area contributed by atoms with E-state index in [9.17, 15) is 0 Å². The molecule has 0 saturated heterocycles. The van der Waals surface area contributed by atoms with Gasteiger partial charge in [0.05, 0.1) is 6.61 Å². The van der Waals surface area contributed by atoms with E-state index in [1.807, 2.05) is 19.2 Å². The molecular formula is C14H18N2O. The summed E-state index contributed by atoms with van der Waals surface area (Å²) >= 11 is 0. The first-order valence-electron chi connectivity index (χ1n) is 5.97. The first-order chi connectivity index (χ1) is 8.26. The fourth-order valence-corrected chi connectivity index (χ4v) is 1.86. The van der Waals surface area contributed by atoms with E-state index in [0.717, 1.165) is 41.1 Å². The average molecular weight is 230 g/mol. The Hall–Kier alpha value is -1.77. The zero-order valence-corrected chi connectivity index (χ0v) is 10.6. The zero-order chi connectivity index (χ0) is 12.3. The van der Waals surface area contributed by atoms with Gasteiger partial charge in [-0.15, -0.1) is 0 Å². The molecule has 0 fully saturated rings. The molecule has 3 nitrogen and oxygen atoms in total. The smallest absolute Gasteiger partial charge is 0.145 e. The summed E-state index contributed by atoms with van der Waals surface area (Å²) in [7, 11) is 1.89. The van der Waals surface area contributed by atoms with Crippen molar-refractivity contribution in [3.8, 4) is 5.75 Å². The van der Waals surface area contributed by atoms with Crippen molar-refractivity contribution < 1.29 is 4.74 Å². The molecule has 2 rings (SSSR count). The Morgan fingerprint density at radius 3 is 2.88 bits per heavy atom. The first-order valence-corrected chi connectivity index (χ1v) is 5.97. The summed E-state index contributed by atoms with van der Waals surface area (Å²) in [6, 6.07) is 8.17. The number of rotatable bonds is 4. The molecule has 1 aromatic heterocycles. The van der Waals surface area contributed by atoms with Crippen molar-refractivity contribution in [3.63, 3.8) is 0 Å². The van der Waals surface area contributed by atoms with Crippen LogP contribution in [0.3, 0.4) is 0 Å². The highest BCUT2D eigenvalue weighted by Gasteiger charge is 2.06. The van der Waals surface area contributed by atoms with Gasteiger partial charge in [-0.05, 0) is 31.0 Å². The van der Waals surface area contributed by atoms with Crippen LogP contribution < -0.4 is 10.1 Å². The fourth-order valence-electron chi connectivity index (χ4n) is 1.86. The molecule has 0 amide bonds. The van der Waals surface area contributed by atoms with Gasteiger partial charge in [0, 0.05) is 12.4 Å². The number of fused-ring (bicyclic) bond motifs is 1. The predicted molar refractivity (Wildman–Crippen MR) is 71.8 cm³/mol. The Bertz CT molecular complexity index is 523. The van der Waals surface area contributed by atoms with Gasteiger partial charge in [0.2, 0.25) is 0 Å². The second-order valence-corrected chi connectivity index (χ2v) is 4.08. The average Bonchev–Trinajstić information content (AvgIpc) is 2.35. The minimum Gasteiger partial charge on any atom is -0.491 e. The molecule has 1 N–H and O–H groups in total. The normalized spacial score (nSPS) is 10.5. The lowest BCUT2D eigenvalue weighted by Gasteiger charge is -2.10. The van der Waals surface area contributed by atoms with Gasteiger partial charge in [-0.2, -0.15) is 0 Å². The number of aryl methyl sites for hydroxylation is 1. The van der Waals surface area contributed by atoms with Crippen LogP contribution in [-0.2, 0) is 0 Å². The van der Waals surface area contributed by atoms with Crippen molar-refractivity contribution in [2.24, 2.45) is 0 Å². The molecule has 0 bridgehead atoms. The van der Waals surface area contributed by atoms with E-state index in [0.29, 0.717) is 0 Å². The van der Waals surface area contributed by atoms with Crippen LogP contribution in [0, 0.1) is 6.92 Å². The number of pyridine rings is 1. The van der Waals surface area contributed by atoms with Crippen LogP contribution in [-0.4, -0.2) is 18.6 Å². The number of hydrogen-bond acceptors (Lipinski definition) is 3. The van der Waals surface area contributed by atoms with Crippen molar-refractivity contribution in [2.45, 2.75) is 20.3 Å². The number of nitrogens with one attached hydrogen (secondary N) is 1. The second-order valence-electron chi connectivity index (χ2n) is 4.08. The molecule has 1 aromatic carbocycles. The highest BCUT2D eigenvalue weighted by molar-refractivity contribution is 5.86. The quantitative estimate of drug-likeness (QED) is 0.874. The van der Waals surface area contributed by atoms with E-state index in [-0.39, 0.29) is 0 Å². The Balaban J connectivity index is 2.53. The van der Waals surface area contributed by atoms with Crippen molar-refractivity contribution >= 4 is 16.7 Å². The fraction of sp³-hybridized carbons (Fsp3) is 0.357. The lowest BCUT2D eigenvalue weighted by molar-refractivity contribution is 0.320. The molecule has 0 radical (unpaired) electrons. The van der Waals surface area contributed by atoms with Crippen molar-refractivity contribution in [3.05, 3.63) is 29.8 Å². The SMILES string of the molecule is CCCOc1cccc2cc(C)c(NC)nc12. The summed E-state index contributed by atoms with van der Waals surface area (Å²) < 4.78 is 5.72. The first kappa shape index (κ1) is 11.7. The van der Waals surface area contributed by atoms with Gasteiger partial charge in [-0.1, -0.05) is 19.1 Å². The number of benzene rings is 1. The largest absolute Gasteiger partial charge is 0.491 e. The summed E-state index contributed by atoms with van der Waals surface area (Å²) in [5, 5.41) is 4.22. The molecule has 2 aromatic rings. The molecule has 0 saturated carbocycles. The Labute approximate surface area is 102 Å². The maximum atomic E-state index is 5.72. The number of para-hydroxylation sites is 1. The van der Waals surface area contributed by atoms with Gasteiger partial charge in [-0.25, -0.2) is 4.98 Å². The van der Waals surface area contributed by atoms with Crippen LogP contribution in [0.2, 0.25) is 0 Å². The maximum absolute atomic E-state index is 5.72. The standard InChI is InChI=1S/C14H18N2O/c1-4-8-17-12-7-5-6-11-9-10(2)14(15-3)16-13(11)12/h5-7,9H,4,8H2,1-3H3,(H,15,16). The number of aromatic nitrogens is 1. The minimum absolute atomic E-state index is 0.726. The monoisotopic (exact) mass is 230 g/mol. The van der Waals surface area contributed by atoms with E-state index >= 15 is 0 Å².